The summed E-state index contributed by atoms with van der Waals surface area (Å²) in [6.45, 7) is 1.91. The Bertz CT molecular complexity index is 306. The second-order valence-corrected chi connectivity index (χ2v) is 3.41. The van der Waals surface area contributed by atoms with Crippen molar-refractivity contribution in [2.75, 3.05) is 7.11 Å². The molecule has 0 aliphatic heterocycles. The lowest BCUT2D eigenvalue weighted by Crippen LogP contribution is -2.27. The molecular formula is C11H15F2NO. The van der Waals surface area contributed by atoms with E-state index in [1.807, 2.05) is 6.92 Å². The third kappa shape index (κ3) is 2.97. The van der Waals surface area contributed by atoms with Crippen molar-refractivity contribution in [3.8, 4) is 0 Å². The van der Waals surface area contributed by atoms with Crippen molar-refractivity contribution in [2.24, 2.45) is 5.73 Å². The summed E-state index contributed by atoms with van der Waals surface area (Å²) in [6.07, 6.45) is 0.460. The van der Waals surface area contributed by atoms with Gasteiger partial charge in [-0.1, -0.05) is 6.92 Å². The van der Waals surface area contributed by atoms with Gasteiger partial charge in [0.25, 0.3) is 0 Å². The van der Waals surface area contributed by atoms with E-state index in [9.17, 15) is 8.78 Å². The smallest absolute Gasteiger partial charge is 0.126 e. The molecule has 2 N–H and O–H groups in total. The molecule has 0 aromatic heterocycles. The van der Waals surface area contributed by atoms with Crippen molar-refractivity contribution in [2.45, 2.75) is 25.5 Å². The van der Waals surface area contributed by atoms with E-state index in [-0.39, 0.29) is 6.10 Å². The Balaban J connectivity index is 2.94. The maximum Gasteiger partial charge on any atom is 0.126 e. The van der Waals surface area contributed by atoms with E-state index in [1.54, 1.807) is 0 Å². The topological polar surface area (TPSA) is 35.2 Å². The second-order valence-electron chi connectivity index (χ2n) is 3.41. The Morgan fingerprint density at radius 2 is 1.80 bits per heavy atom. The highest BCUT2D eigenvalue weighted by Crippen LogP contribution is 2.20. The van der Waals surface area contributed by atoms with Gasteiger partial charge in [0, 0.05) is 13.2 Å². The zero-order chi connectivity index (χ0) is 11.4. The first kappa shape index (κ1) is 12.1. The second kappa shape index (κ2) is 5.19. The van der Waals surface area contributed by atoms with Crippen molar-refractivity contribution >= 4 is 0 Å². The molecule has 2 nitrogen and oxygen atoms in total. The fourth-order valence-corrected chi connectivity index (χ4v) is 1.55. The molecule has 0 heterocycles. The van der Waals surface area contributed by atoms with Crippen molar-refractivity contribution in [1.29, 1.82) is 0 Å². The van der Waals surface area contributed by atoms with Crippen LogP contribution in [0.1, 0.15) is 24.9 Å². The van der Waals surface area contributed by atoms with Crippen LogP contribution in [0.4, 0.5) is 8.78 Å². The van der Waals surface area contributed by atoms with Gasteiger partial charge in [0.2, 0.25) is 0 Å². The van der Waals surface area contributed by atoms with Crippen molar-refractivity contribution in [3.05, 3.63) is 35.4 Å². The molecule has 1 rings (SSSR count). The molecule has 0 saturated heterocycles. The summed E-state index contributed by atoms with van der Waals surface area (Å²) in [7, 11) is 1.53. The highest BCUT2D eigenvalue weighted by molar-refractivity contribution is 5.22. The number of benzene rings is 1. The van der Waals surface area contributed by atoms with Gasteiger partial charge in [-0.15, -0.1) is 0 Å². The lowest BCUT2D eigenvalue weighted by molar-refractivity contribution is 0.0770. The molecule has 0 amide bonds. The highest BCUT2D eigenvalue weighted by Gasteiger charge is 2.18. The standard InChI is InChI=1S/C11H15F2NO/c1-3-10(15-2)11(14)7-4-8(12)6-9(13)5-7/h4-6,10-11H,3,14H2,1-2H3. The van der Waals surface area contributed by atoms with Crippen molar-refractivity contribution in [3.63, 3.8) is 0 Å². The average molecular weight is 215 g/mol. The number of halogens is 2. The molecule has 15 heavy (non-hydrogen) atoms. The molecule has 84 valence electrons. The van der Waals surface area contributed by atoms with Crippen LogP contribution < -0.4 is 5.73 Å². The third-order valence-corrected chi connectivity index (χ3v) is 2.38. The Hall–Kier alpha value is -1.00. The number of rotatable bonds is 4. The van der Waals surface area contributed by atoms with E-state index >= 15 is 0 Å². The predicted molar refractivity (Wildman–Crippen MR) is 54.4 cm³/mol. The lowest BCUT2D eigenvalue weighted by atomic mass is 10.0. The van der Waals surface area contributed by atoms with Crippen LogP contribution in [0, 0.1) is 11.6 Å². The minimum atomic E-state index is -0.619. The van der Waals surface area contributed by atoms with Crippen LogP contribution in [0.3, 0.4) is 0 Å². The molecule has 0 radical (unpaired) electrons. The maximum absolute atomic E-state index is 12.9. The summed E-state index contributed by atoms with van der Waals surface area (Å²) < 4.78 is 31.0. The third-order valence-electron chi connectivity index (χ3n) is 2.38. The monoisotopic (exact) mass is 215 g/mol. The summed E-state index contributed by atoms with van der Waals surface area (Å²) in [5.41, 5.74) is 6.26. The van der Waals surface area contributed by atoms with Crippen molar-refractivity contribution < 1.29 is 13.5 Å². The maximum atomic E-state index is 12.9. The summed E-state index contributed by atoms with van der Waals surface area (Å²) in [5, 5.41) is 0. The molecule has 1 aromatic carbocycles. The van der Waals surface area contributed by atoms with Gasteiger partial charge in [-0.3, -0.25) is 0 Å². The van der Waals surface area contributed by atoms with Crippen LogP contribution in [0.25, 0.3) is 0 Å². The molecule has 0 bridgehead atoms. The minimum absolute atomic E-state index is 0.230. The fraction of sp³-hybridized carbons (Fsp3) is 0.455. The van der Waals surface area contributed by atoms with Gasteiger partial charge >= 0.3 is 0 Å². The largest absolute Gasteiger partial charge is 0.379 e. The first-order valence-electron chi connectivity index (χ1n) is 4.82. The highest BCUT2D eigenvalue weighted by atomic mass is 19.1. The zero-order valence-corrected chi connectivity index (χ0v) is 8.84. The molecule has 0 aliphatic rings. The molecule has 2 atom stereocenters. The summed E-state index contributed by atoms with van der Waals surface area (Å²) >= 11 is 0. The number of hydrogen-bond donors (Lipinski definition) is 1. The van der Waals surface area contributed by atoms with Crippen LogP contribution in [0.15, 0.2) is 18.2 Å². The SMILES string of the molecule is CCC(OC)C(N)c1cc(F)cc(F)c1. The average Bonchev–Trinajstić information content (AvgIpc) is 2.18. The van der Waals surface area contributed by atoms with Gasteiger partial charge in [-0.2, -0.15) is 0 Å². The Morgan fingerprint density at radius 3 is 2.20 bits per heavy atom. The van der Waals surface area contributed by atoms with Crippen LogP contribution >= 0.6 is 0 Å². The summed E-state index contributed by atoms with van der Waals surface area (Å²) in [5.74, 6) is -1.24. The molecule has 0 aliphatic carbocycles. The quantitative estimate of drug-likeness (QED) is 0.837. The van der Waals surface area contributed by atoms with Gasteiger partial charge in [-0.05, 0) is 24.1 Å². The molecule has 4 heteroatoms. The van der Waals surface area contributed by atoms with E-state index in [0.717, 1.165) is 6.07 Å². The normalized spacial score (nSPS) is 15.0. The van der Waals surface area contributed by atoms with Crippen LogP contribution in [-0.4, -0.2) is 13.2 Å². The van der Waals surface area contributed by atoms with E-state index < -0.39 is 17.7 Å². The van der Waals surface area contributed by atoms with E-state index in [1.165, 1.54) is 19.2 Å². The zero-order valence-electron chi connectivity index (χ0n) is 8.84. The number of hydrogen-bond acceptors (Lipinski definition) is 2. The Morgan fingerprint density at radius 1 is 1.27 bits per heavy atom. The van der Waals surface area contributed by atoms with E-state index in [0.29, 0.717) is 12.0 Å². The Kier molecular flexibility index (Phi) is 4.17. The van der Waals surface area contributed by atoms with Crippen LogP contribution in [-0.2, 0) is 4.74 Å². The van der Waals surface area contributed by atoms with Gasteiger partial charge in [0.15, 0.2) is 0 Å². The first-order chi connectivity index (χ1) is 7.08. The van der Waals surface area contributed by atoms with E-state index in [2.05, 4.69) is 0 Å². The van der Waals surface area contributed by atoms with Gasteiger partial charge in [0.05, 0.1) is 12.1 Å². The van der Waals surface area contributed by atoms with Crippen molar-refractivity contribution in [1.82, 2.24) is 0 Å². The number of ether oxygens (including phenoxy) is 1. The van der Waals surface area contributed by atoms with Gasteiger partial charge in [0.1, 0.15) is 11.6 Å². The first-order valence-corrected chi connectivity index (χ1v) is 4.82. The predicted octanol–water partition coefficient (Wildman–Crippen LogP) is 2.39. The molecule has 1 aromatic rings. The molecule has 2 unspecified atom stereocenters. The molecular weight excluding hydrogens is 200 g/mol. The number of methoxy groups -OCH3 is 1. The number of nitrogens with two attached hydrogens (primary N) is 1. The summed E-state index contributed by atoms with van der Waals surface area (Å²) in [4.78, 5) is 0. The molecule has 0 spiro atoms. The summed E-state index contributed by atoms with van der Waals surface area (Å²) in [6, 6.07) is 2.78. The minimum Gasteiger partial charge on any atom is -0.379 e. The van der Waals surface area contributed by atoms with Crippen LogP contribution in [0.2, 0.25) is 0 Å². The van der Waals surface area contributed by atoms with Crippen LogP contribution in [0.5, 0.6) is 0 Å². The van der Waals surface area contributed by atoms with Gasteiger partial charge < -0.3 is 10.5 Å². The van der Waals surface area contributed by atoms with Gasteiger partial charge in [-0.25, -0.2) is 8.78 Å². The molecule has 0 saturated carbocycles. The lowest BCUT2D eigenvalue weighted by Gasteiger charge is -2.21. The van der Waals surface area contributed by atoms with E-state index in [4.69, 9.17) is 10.5 Å². The molecule has 0 fully saturated rings. The fourth-order valence-electron chi connectivity index (χ4n) is 1.55. The Labute approximate surface area is 88.0 Å².